The molecule has 0 radical (unpaired) electrons. The number of rotatable bonds is 4. The van der Waals surface area contributed by atoms with Gasteiger partial charge in [-0.3, -0.25) is 10.1 Å². The van der Waals surface area contributed by atoms with Crippen molar-refractivity contribution in [1.82, 2.24) is 10.6 Å². The largest absolute Gasteiger partial charge is 0.444 e. The number of esters is 1. The van der Waals surface area contributed by atoms with Gasteiger partial charge in [0.2, 0.25) is 6.10 Å². The van der Waals surface area contributed by atoms with Crippen LogP contribution in [0.1, 0.15) is 22.0 Å². The van der Waals surface area contributed by atoms with Gasteiger partial charge in [0.05, 0.1) is 5.56 Å². The second-order valence-electron chi connectivity index (χ2n) is 4.77. The van der Waals surface area contributed by atoms with E-state index in [1.807, 2.05) is 0 Å². The van der Waals surface area contributed by atoms with Crippen LogP contribution in [0, 0.1) is 5.82 Å². The highest BCUT2D eigenvalue weighted by atomic mass is 19.1. The van der Waals surface area contributed by atoms with Crippen molar-refractivity contribution in [2.75, 3.05) is 7.05 Å². The first-order valence-electron chi connectivity index (χ1n) is 7.05. The SMILES string of the molecule is CNC(=O)NC(=O)C(OC(=O)c1cccc(F)c1)c1ccccc1. The van der Waals surface area contributed by atoms with Gasteiger partial charge in [0.1, 0.15) is 5.82 Å². The van der Waals surface area contributed by atoms with Crippen molar-refractivity contribution in [3.8, 4) is 0 Å². The van der Waals surface area contributed by atoms with Crippen LogP contribution in [0.3, 0.4) is 0 Å². The lowest BCUT2D eigenvalue weighted by Crippen LogP contribution is -2.41. The molecule has 124 valence electrons. The number of hydrogen-bond acceptors (Lipinski definition) is 4. The van der Waals surface area contributed by atoms with Crippen LogP contribution in [0.2, 0.25) is 0 Å². The molecule has 0 heterocycles. The minimum absolute atomic E-state index is 0.0383. The van der Waals surface area contributed by atoms with Gasteiger partial charge in [0.15, 0.2) is 0 Å². The van der Waals surface area contributed by atoms with Gasteiger partial charge >= 0.3 is 12.0 Å². The van der Waals surface area contributed by atoms with Crippen molar-refractivity contribution in [3.63, 3.8) is 0 Å². The summed E-state index contributed by atoms with van der Waals surface area (Å²) >= 11 is 0. The lowest BCUT2D eigenvalue weighted by atomic mass is 10.1. The van der Waals surface area contributed by atoms with Crippen LogP contribution in [-0.2, 0) is 9.53 Å². The van der Waals surface area contributed by atoms with Crippen molar-refractivity contribution >= 4 is 17.9 Å². The zero-order chi connectivity index (χ0) is 17.5. The summed E-state index contributed by atoms with van der Waals surface area (Å²) in [5.41, 5.74) is 0.340. The maximum atomic E-state index is 13.2. The van der Waals surface area contributed by atoms with Gasteiger partial charge in [-0.15, -0.1) is 0 Å². The molecule has 0 bridgehead atoms. The second-order valence-corrected chi connectivity index (χ2v) is 4.77. The van der Waals surface area contributed by atoms with E-state index in [1.165, 1.54) is 25.2 Å². The van der Waals surface area contributed by atoms with E-state index >= 15 is 0 Å². The van der Waals surface area contributed by atoms with Crippen LogP contribution in [0.5, 0.6) is 0 Å². The normalized spacial score (nSPS) is 11.2. The van der Waals surface area contributed by atoms with Crippen molar-refractivity contribution in [1.29, 1.82) is 0 Å². The highest BCUT2D eigenvalue weighted by molar-refractivity contribution is 5.99. The molecular formula is C17H15FN2O4. The summed E-state index contributed by atoms with van der Waals surface area (Å²) in [5.74, 6) is -2.30. The Morgan fingerprint density at radius 1 is 1.04 bits per heavy atom. The Kier molecular flexibility index (Phi) is 5.62. The molecule has 0 aliphatic rings. The minimum Gasteiger partial charge on any atom is -0.444 e. The molecule has 0 saturated heterocycles. The zero-order valence-electron chi connectivity index (χ0n) is 12.8. The van der Waals surface area contributed by atoms with Crippen LogP contribution in [0.4, 0.5) is 9.18 Å². The summed E-state index contributed by atoms with van der Waals surface area (Å²) in [6, 6.07) is 12.4. The number of benzene rings is 2. The number of carbonyl (C=O) groups is 3. The van der Waals surface area contributed by atoms with Crippen LogP contribution in [0.15, 0.2) is 54.6 Å². The van der Waals surface area contributed by atoms with Gasteiger partial charge in [-0.1, -0.05) is 36.4 Å². The van der Waals surface area contributed by atoms with E-state index in [4.69, 9.17) is 4.74 Å². The van der Waals surface area contributed by atoms with E-state index in [-0.39, 0.29) is 5.56 Å². The number of urea groups is 1. The summed E-state index contributed by atoms with van der Waals surface area (Å²) in [6.45, 7) is 0. The van der Waals surface area contributed by atoms with E-state index in [2.05, 4.69) is 10.6 Å². The quantitative estimate of drug-likeness (QED) is 0.842. The number of hydrogen-bond donors (Lipinski definition) is 2. The molecular weight excluding hydrogens is 315 g/mol. The van der Waals surface area contributed by atoms with Crippen LogP contribution >= 0.6 is 0 Å². The fourth-order valence-electron chi connectivity index (χ4n) is 1.93. The third-order valence-corrected chi connectivity index (χ3v) is 3.09. The Labute approximate surface area is 137 Å². The van der Waals surface area contributed by atoms with Gasteiger partial charge in [-0.2, -0.15) is 0 Å². The van der Waals surface area contributed by atoms with Crippen LogP contribution < -0.4 is 10.6 Å². The molecule has 6 nitrogen and oxygen atoms in total. The van der Waals surface area contributed by atoms with Gasteiger partial charge in [0.25, 0.3) is 5.91 Å². The fraction of sp³-hybridized carbons (Fsp3) is 0.118. The topological polar surface area (TPSA) is 84.5 Å². The lowest BCUT2D eigenvalue weighted by Gasteiger charge is -2.17. The maximum absolute atomic E-state index is 13.2. The van der Waals surface area contributed by atoms with Gasteiger partial charge in [0, 0.05) is 12.6 Å². The molecule has 2 aromatic rings. The Hall–Kier alpha value is -3.22. The summed E-state index contributed by atoms with van der Waals surface area (Å²) in [4.78, 5) is 35.7. The maximum Gasteiger partial charge on any atom is 0.339 e. The number of amides is 3. The number of halogens is 1. The number of ether oxygens (including phenoxy) is 1. The average molecular weight is 330 g/mol. The molecule has 2 rings (SSSR count). The molecule has 2 aromatic carbocycles. The average Bonchev–Trinajstić information content (AvgIpc) is 2.59. The molecule has 3 amide bonds. The third-order valence-electron chi connectivity index (χ3n) is 3.09. The van der Waals surface area contributed by atoms with E-state index in [0.29, 0.717) is 5.56 Å². The standard InChI is InChI=1S/C17H15FN2O4/c1-19-17(23)20-15(21)14(11-6-3-2-4-7-11)24-16(22)12-8-5-9-13(18)10-12/h2-10,14H,1H3,(H2,19,20,21,23). The molecule has 1 atom stereocenters. The molecule has 0 spiro atoms. The number of imide groups is 1. The van der Waals surface area contributed by atoms with Gasteiger partial charge < -0.3 is 10.1 Å². The summed E-state index contributed by atoms with van der Waals surface area (Å²) in [6.07, 6.45) is -1.35. The van der Waals surface area contributed by atoms with Crippen molar-refractivity contribution < 1.29 is 23.5 Å². The predicted molar refractivity (Wildman–Crippen MR) is 83.6 cm³/mol. The first-order valence-corrected chi connectivity index (χ1v) is 7.05. The number of nitrogens with one attached hydrogen (secondary N) is 2. The van der Waals surface area contributed by atoms with E-state index < -0.39 is 29.8 Å². The Morgan fingerprint density at radius 3 is 2.38 bits per heavy atom. The summed E-state index contributed by atoms with van der Waals surface area (Å²) < 4.78 is 18.4. The Bertz CT molecular complexity index is 749. The second kappa shape index (κ2) is 7.87. The van der Waals surface area contributed by atoms with Crippen molar-refractivity contribution in [2.24, 2.45) is 0 Å². The molecule has 24 heavy (non-hydrogen) atoms. The first kappa shape index (κ1) is 17.1. The smallest absolute Gasteiger partial charge is 0.339 e. The molecule has 0 aliphatic carbocycles. The Morgan fingerprint density at radius 2 is 1.75 bits per heavy atom. The molecule has 2 N–H and O–H groups in total. The summed E-state index contributed by atoms with van der Waals surface area (Å²) in [5, 5.41) is 4.29. The van der Waals surface area contributed by atoms with E-state index in [1.54, 1.807) is 30.3 Å². The van der Waals surface area contributed by atoms with E-state index in [0.717, 1.165) is 6.07 Å². The monoisotopic (exact) mass is 330 g/mol. The molecule has 7 heteroatoms. The van der Waals surface area contributed by atoms with Gasteiger partial charge in [-0.25, -0.2) is 14.0 Å². The molecule has 1 unspecified atom stereocenters. The number of carbonyl (C=O) groups excluding carboxylic acids is 3. The third kappa shape index (κ3) is 4.39. The highest BCUT2D eigenvalue weighted by Crippen LogP contribution is 2.20. The van der Waals surface area contributed by atoms with Crippen LogP contribution in [0.25, 0.3) is 0 Å². The predicted octanol–water partition coefficient (Wildman–Crippen LogP) is 2.18. The lowest BCUT2D eigenvalue weighted by molar-refractivity contribution is -0.129. The fourth-order valence-corrected chi connectivity index (χ4v) is 1.93. The van der Waals surface area contributed by atoms with Crippen molar-refractivity contribution in [3.05, 3.63) is 71.5 Å². The minimum atomic E-state index is -1.35. The Balaban J connectivity index is 2.24. The molecule has 0 fully saturated rings. The molecule has 0 saturated carbocycles. The van der Waals surface area contributed by atoms with Crippen molar-refractivity contribution in [2.45, 2.75) is 6.10 Å². The molecule has 0 aromatic heterocycles. The highest BCUT2D eigenvalue weighted by Gasteiger charge is 2.27. The summed E-state index contributed by atoms with van der Waals surface area (Å²) in [7, 11) is 1.35. The zero-order valence-corrected chi connectivity index (χ0v) is 12.8. The van der Waals surface area contributed by atoms with Crippen LogP contribution in [-0.4, -0.2) is 25.0 Å². The first-order chi connectivity index (χ1) is 11.5. The molecule has 0 aliphatic heterocycles. The van der Waals surface area contributed by atoms with E-state index in [9.17, 15) is 18.8 Å². The van der Waals surface area contributed by atoms with Gasteiger partial charge in [-0.05, 0) is 18.2 Å².